The van der Waals surface area contributed by atoms with Gasteiger partial charge in [-0.3, -0.25) is 0 Å². The molecule has 2 saturated carbocycles. The van der Waals surface area contributed by atoms with Crippen molar-refractivity contribution in [1.29, 1.82) is 0 Å². The summed E-state index contributed by atoms with van der Waals surface area (Å²) >= 11 is 12.7. The third-order valence-electron chi connectivity index (χ3n) is 5.08. The summed E-state index contributed by atoms with van der Waals surface area (Å²) in [5, 5.41) is 5.37. The van der Waals surface area contributed by atoms with Crippen molar-refractivity contribution < 1.29 is 0 Å². The van der Waals surface area contributed by atoms with Gasteiger partial charge in [0, 0.05) is 16.1 Å². The normalized spacial score (nSPS) is 29.2. The van der Waals surface area contributed by atoms with Crippen LogP contribution in [0, 0.1) is 17.8 Å². The summed E-state index contributed by atoms with van der Waals surface area (Å²) in [6.45, 7) is 3.31. The molecule has 1 N–H and O–H groups in total. The standard InChI is InChI=1S/C17H23Cl2N/c1-2-9-20-16(17-11-5-3-6-12(11)17)10-13-14(18)7-4-8-15(13)19/h4,7-8,11-12,16-17,20H,2-3,5-6,9-10H2,1H3. The molecule has 20 heavy (non-hydrogen) atoms. The van der Waals surface area contributed by atoms with Gasteiger partial charge in [-0.05, 0) is 67.7 Å². The van der Waals surface area contributed by atoms with Crippen LogP contribution >= 0.6 is 23.2 Å². The molecule has 0 amide bonds. The van der Waals surface area contributed by atoms with E-state index in [0.29, 0.717) is 6.04 Å². The molecule has 0 aromatic heterocycles. The van der Waals surface area contributed by atoms with Crippen LogP contribution < -0.4 is 5.32 Å². The van der Waals surface area contributed by atoms with Gasteiger partial charge in [-0.2, -0.15) is 0 Å². The molecule has 0 heterocycles. The molecular weight excluding hydrogens is 289 g/mol. The lowest BCUT2D eigenvalue weighted by molar-refractivity contribution is 0.403. The lowest BCUT2D eigenvalue weighted by atomic mass is 9.97. The van der Waals surface area contributed by atoms with Gasteiger partial charge in [0.25, 0.3) is 0 Å². The predicted octanol–water partition coefficient (Wildman–Crippen LogP) is 4.95. The van der Waals surface area contributed by atoms with Crippen molar-refractivity contribution >= 4 is 23.2 Å². The quantitative estimate of drug-likeness (QED) is 0.783. The fourth-order valence-corrected chi connectivity index (χ4v) is 4.65. The monoisotopic (exact) mass is 311 g/mol. The van der Waals surface area contributed by atoms with Gasteiger partial charge in [-0.15, -0.1) is 0 Å². The van der Waals surface area contributed by atoms with Crippen molar-refractivity contribution in [3.63, 3.8) is 0 Å². The Bertz CT molecular complexity index is 444. The molecule has 110 valence electrons. The van der Waals surface area contributed by atoms with Crippen molar-refractivity contribution in [3.8, 4) is 0 Å². The third kappa shape index (κ3) is 2.86. The van der Waals surface area contributed by atoms with Gasteiger partial charge in [0.1, 0.15) is 0 Å². The first-order valence-electron chi connectivity index (χ1n) is 7.88. The van der Waals surface area contributed by atoms with Crippen LogP contribution in [0.2, 0.25) is 10.0 Å². The molecule has 2 fully saturated rings. The van der Waals surface area contributed by atoms with E-state index in [-0.39, 0.29) is 0 Å². The molecule has 1 nitrogen and oxygen atoms in total. The lowest BCUT2D eigenvalue weighted by Gasteiger charge is -2.22. The molecule has 0 radical (unpaired) electrons. The van der Waals surface area contributed by atoms with E-state index in [1.807, 2.05) is 18.2 Å². The van der Waals surface area contributed by atoms with E-state index in [1.54, 1.807) is 0 Å². The van der Waals surface area contributed by atoms with Crippen molar-refractivity contribution in [3.05, 3.63) is 33.8 Å². The zero-order valence-electron chi connectivity index (χ0n) is 12.0. The van der Waals surface area contributed by atoms with Crippen LogP contribution in [-0.4, -0.2) is 12.6 Å². The average Bonchev–Trinajstić information content (AvgIpc) is 2.91. The van der Waals surface area contributed by atoms with Crippen LogP contribution in [0.15, 0.2) is 18.2 Å². The molecule has 2 aliphatic rings. The Labute approximate surface area is 132 Å². The Kier molecular flexibility index (Phi) is 4.59. The maximum atomic E-state index is 6.34. The zero-order chi connectivity index (χ0) is 14.1. The van der Waals surface area contributed by atoms with Gasteiger partial charge in [0.05, 0.1) is 0 Å². The highest BCUT2D eigenvalue weighted by atomic mass is 35.5. The van der Waals surface area contributed by atoms with Crippen LogP contribution in [0.1, 0.15) is 38.2 Å². The van der Waals surface area contributed by atoms with Gasteiger partial charge in [0.2, 0.25) is 0 Å². The molecule has 1 aromatic rings. The Balaban J connectivity index is 1.73. The highest BCUT2D eigenvalue weighted by Crippen LogP contribution is 2.59. The molecule has 0 spiro atoms. The molecule has 3 heteroatoms. The van der Waals surface area contributed by atoms with Crippen LogP contribution in [0.5, 0.6) is 0 Å². The van der Waals surface area contributed by atoms with Gasteiger partial charge in [0.15, 0.2) is 0 Å². The van der Waals surface area contributed by atoms with Crippen molar-refractivity contribution in [2.75, 3.05) is 6.54 Å². The Morgan fingerprint density at radius 3 is 2.45 bits per heavy atom. The van der Waals surface area contributed by atoms with Gasteiger partial charge in [-0.25, -0.2) is 0 Å². The Morgan fingerprint density at radius 1 is 1.20 bits per heavy atom. The van der Waals surface area contributed by atoms with Crippen LogP contribution in [-0.2, 0) is 6.42 Å². The molecule has 0 aliphatic heterocycles. The second-order valence-electron chi connectivity index (χ2n) is 6.30. The van der Waals surface area contributed by atoms with Crippen LogP contribution in [0.25, 0.3) is 0 Å². The van der Waals surface area contributed by atoms with Gasteiger partial charge >= 0.3 is 0 Å². The number of halogens is 2. The largest absolute Gasteiger partial charge is 0.313 e. The van der Waals surface area contributed by atoms with Crippen LogP contribution in [0.4, 0.5) is 0 Å². The first-order valence-corrected chi connectivity index (χ1v) is 8.64. The maximum absolute atomic E-state index is 6.34. The summed E-state index contributed by atoms with van der Waals surface area (Å²) in [7, 11) is 0. The summed E-state index contributed by atoms with van der Waals surface area (Å²) in [5.74, 6) is 2.78. The summed E-state index contributed by atoms with van der Waals surface area (Å²) in [6.07, 6.45) is 6.43. The third-order valence-corrected chi connectivity index (χ3v) is 5.79. The van der Waals surface area contributed by atoms with E-state index in [2.05, 4.69) is 12.2 Å². The van der Waals surface area contributed by atoms with E-state index >= 15 is 0 Å². The van der Waals surface area contributed by atoms with Crippen molar-refractivity contribution in [1.82, 2.24) is 5.32 Å². The summed E-state index contributed by atoms with van der Waals surface area (Å²) in [5.41, 5.74) is 1.12. The summed E-state index contributed by atoms with van der Waals surface area (Å²) in [6, 6.07) is 6.37. The zero-order valence-corrected chi connectivity index (χ0v) is 13.6. The molecule has 2 aliphatic carbocycles. The Hall–Kier alpha value is -0.240. The first-order chi connectivity index (χ1) is 9.72. The lowest BCUT2D eigenvalue weighted by Crippen LogP contribution is -2.35. The predicted molar refractivity (Wildman–Crippen MR) is 86.6 cm³/mol. The maximum Gasteiger partial charge on any atom is 0.0453 e. The highest BCUT2D eigenvalue weighted by molar-refractivity contribution is 6.36. The molecule has 1 aromatic carbocycles. The minimum Gasteiger partial charge on any atom is -0.313 e. The fourth-order valence-electron chi connectivity index (χ4n) is 4.10. The minimum absolute atomic E-state index is 0.544. The molecule has 0 saturated heterocycles. The van der Waals surface area contributed by atoms with E-state index in [4.69, 9.17) is 23.2 Å². The summed E-state index contributed by atoms with van der Waals surface area (Å²) < 4.78 is 0. The van der Waals surface area contributed by atoms with E-state index in [1.165, 1.54) is 25.7 Å². The Morgan fingerprint density at radius 2 is 1.85 bits per heavy atom. The first kappa shape index (κ1) is 14.7. The molecular formula is C17H23Cl2N. The fraction of sp³-hybridized carbons (Fsp3) is 0.647. The second-order valence-corrected chi connectivity index (χ2v) is 7.12. The summed E-state index contributed by atoms with van der Waals surface area (Å²) in [4.78, 5) is 0. The molecule has 0 bridgehead atoms. The van der Waals surface area contributed by atoms with Gasteiger partial charge < -0.3 is 5.32 Å². The minimum atomic E-state index is 0.544. The molecule has 3 atom stereocenters. The van der Waals surface area contributed by atoms with Gasteiger partial charge in [-0.1, -0.05) is 42.6 Å². The second kappa shape index (κ2) is 6.25. The number of nitrogens with one attached hydrogen (secondary N) is 1. The number of hydrogen-bond donors (Lipinski definition) is 1. The number of rotatable bonds is 6. The molecule has 3 unspecified atom stereocenters. The topological polar surface area (TPSA) is 12.0 Å². The smallest absolute Gasteiger partial charge is 0.0453 e. The number of benzene rings is 1. The van der Waals surface area contributed by atoms with E-state index in [0.717, 1.165) is 46.3 Å². The van der Waals surface area contributed by atoms with Crippen molar-refractivity contribution in [2.45, 2.75) is 45.1 Å². The average molecular weight is 312 g/mol. The van der Waals surface area contributed by atoms with E-state index in [9.17, 15) is 0 Å². The highest BCUT2D eigenvalue weighted by Gasteiger charge is 2.55. The SMILES string of the molecule is CCCNC(Cc1c(Cl)cccc1Cl)C1C2CCCC21. The van der Waals surface area contributed by atoms with E-state index < -0.39 is 0 Å². The van der Waals surface area contributed by atoms with Crippen molar-refractivity contribution in [2.24, 2.45) is 17.8 Å². The van der Waals surface area contributed by atoms with Crippen LogP contribution in [0.3, 0.4) is 0 Å². The number of fused-ring (bicyclic) bond motifs is 1. The number of hydrogen-bond acceptors (Lipinski definition) is 1. The molecule has 3 rings (SSSR count).